The van der Waals surface area contributed by atoms with Gasteiger partial charge in [-0.05, 0) is 38.0 Å². The number of carbonyl (C=O) groups excluding carboxylic acids is 2. The Balaban J connectivity index is 1.75. The van der Waals surface area contributed by atoms with E-state index in [1.54, 1.807) is 24.0 Å². The maximum absolute atomic E-state index is 13.7. The van der Waals surface area contributed by atoms with Crippen LogP contribution in [0.15, 0.2) is 18.2 Å². The first-order valence-electron chi connectivity index (χ1n) is 9.97. The molecule has 6 heteroatoms. The van der Waals surface area contributed by atoms with E-state index in [1.165, 1.54) is 18.9 Å². The van der Waals surface area contributed by atoms with Crippen molar-refractivity contribution in [1.29, 1.82) is 0 Å². The van der Waals surface area contributed by atoms with E-state index in [0.717, 1.165) is 12.8 Å². The average molecular weight is 378 g/mol. The van der Waals surface area contributed by atoms with Gasteiger partial charge in [-0.2, -0.15) is 0 Å². The lowest BCUT2D eigenvalue weighted by Gasteiger charge is -2.34. The van der Waals surface area contributed by atoms with E-state index in [0.29, 0.717) is 43.9 Å². The number of hydrogen-bond donors (Lipinski definition) is 1. The first kappa shape index (κ1) is 21.4. The van der Waals surface area contributed by atoms with Crippen molar-refractivity contribution in [2.45, 2.75) is 52.5 Å². The first-order chi connectivity index (χ1) is 12.9. The zero-order valence-corrected chi connectivity index (χ0v) is 16.8. The van der Waals surface area contributed by atoms with E-state index in [9.17, 15) is 14.0 Å². The van der Waals surface area contributed by atoms with Crippen LogP contribution in [-0.4, -0.2) is 60.4 Å². The number of piperazine rings is 1. The van der Waals surface area contributed by atoms with Gasteiger partial charge in [0.05, 0.1) is 6.54 Å². The smallest absolute Gasteiger partial charge is 0.254 e. The van der Waals surface area contributed by atoms with Crippen LogP contribution in [0.4, 0.5) is 4.39 Å². The monoisotopic (exact) mass is 377 g/mol. The summed E-state index contributed by atoms with van der Waals surface area (Å²) in [5.41, 5.74) is 0.913. The third kappa shape index (κ3) is 6.61. The zero-order chi connectivity index (χ0) is 19.8. The fourth-order valence-electron chi connectivity index (χ4n) is 3.31. The van der Waals surface area contributed by atoms with Crippen LogP contribution >= 0.6 is 0 Å². The summed E-state index contributed by atoms with van der Waals surface area (Å²) in [6, 6.07) is 4.80. The number of carbonyl (C=O) groups is 2. The number of amides is 2. The molecule has 1 unspecified atom stereocenters. The minimum atomic E-state index is -0.357. The summed E-state index contributed by atoms with van der Waals surface area (Å²) in [5.74, 6) is -0.467. The van der Waals surface area contributed by atoms with E-state index >= 15 is 0 Å². The van der Waals surface area contributed by atoms with Crippen molar-refractivity contribution in [2.75, 3.05) is 32.7 Å². The Morgan fingerprint density at radius 2 is 1.89 bits per heavy atom. The Bertz CT molecular complexity index is 642. The van der Waals surface area contributed by atoms with Gasteiger partial charge in [0.2, 0.25) is 5.91 Å². The molecule has 5 nitrogen and oxygen atoms in total. The molecular weight excluding hydrogens is 345 g/mol. The predicted molar refractivity (Wildman–Crippen MR) is 105 cm³/mol. The Morgan fingerprint density at radius 3 is 2.52 bits per heavy atom. The van der Waals surface area contributed by atoms with Crippen LogP contribution < -0.4 is 5.32 Å². The maximum atomic E-state index is 13.7. The number of hydrogen-bond acceptors (Lipinski definition) is 3. The molecule has 1 aliphatic rings. The third-order valence-corrected chi connectivity index (χ3v) is 5.09. The van der Waals surface area contributed by atoms with Crippen LogP contribution in [0.5, 0.6) is 0 Å². The van der Waals surface area contributed by atoms with Crippen molar-refractivity contribution in [1.82, 2.24) is 15.1 Å². The number of rotatable bonds is 8. The number of halogens is 1. The summed E-state index contributed by atoms with van der Waals surface area (Å²) in [7, 11) is 0. The van der Waals surface area contributed by atoms with E-state index in [-0.39, 0.29) is 23.7 Å². The van der Waals surface area contributed by atoms with Crippen molar-refractivity contribution >= 4 is 11.8 Å². The number of nitrogens with zero attached hydrogens (tertiary/aromatic N) is 2. The molecule has 2 rings (SSSR count). The molecular formula is C21H32FN3O2. The Hall–Kier alpha value is -1.95. The topological polar surface area (TPSA) is 52.7 Å². The fraction of sp³-hybridized carbons (Fsp3) is 0.619. The van der Waals surface area contributed by atoms with Gasteiger partial charge in [-0.1, -0.05) is 32.3 Å². The highest BCUT2D eigenvalue weighted by atomic mass is 19.1. The van der Waals surface area contributed by atoms with Gasteiger partial charge in [-0.25, -0.2) is 4.39 Å². The van der Waals surface area contributed by atoms with Crippen molar-refractivity contribution in [3.8, 4) is 0 Å². The van der Waals surface area contributed by atoms with Crippen molar-refractivity contribution < 1.29 is 14.0 Å². The molecule has 1 saturated heterocycles. The Labute approximate surface area is 161 Å². The van der Waals surface area contributed by atoms with Crippen LogP contribution in [0.3, 0.4) is 0 Å². The molecule has 0 aromatic heterocycles. The largest absolute Gasteiger partial charge is 0.353 e. The molecule has 1 aromatic carbocycles. The van der Waals surface area contributed by atoms with Gasteiger partial charge < -0.3 is 10.2 Å². The number of aryl methyl sites for hydroxylation is 1. The molecule has 1 fully saturated rings. The van der Waals surface area contributed by atoms with Crippen LogP contribution in [0.2, 0.25) is 0 Å². The van der Waals surface area contributed by atoms with Crippen molar-refractivity contribution in [3.05, 3.63) is 35.1 Å². The molecule has 0 bridgehead atoms. The Kier molecular flexibility index (Phi) is 8.23. The van der Waals surface area contributed by atoms with Crippen LogP contribution in [0.25, 0.3) is 0 Å². The third-order valence-electron chi connectivity index (χ3n) is 5.09. The normalized spacial score (nSPS) is 16.2. The number of benzene rings is 1. The molecule has 0 spiro atoms. The lowest BCUT2D eigenvalue weighted by atomic mass is 10.1. The lowest BCUT2D eigenvalue weighted by Crippen LogP contribution is -2.51. The molecule has 1 aliphatic heterocycles. The zero-order valence-electron chi connectivity index (χ0n) is 16.8. The van der Waals surface area contributed by atoms with Crippen molar-refractivity contribution in [3.63, 3.8) is 0 Å². The quantitative estimate of drug-likeness (QED) is 0.709. The highest BCUT2D eigenvalue weighted by molar-refractivity contribution is 5.94. The minimum absolute atomic E-state index is 0.0411. The molecule has 1 aromatic rings. The van der Waals surface area contributed by atoms with Crippen LogP contribution in [0, 0.1) is 12.7 Å². The second-order valence-electron chi connectivity index (χ2n) is 7.50. The van der Waals surface area contributed by atoms with Crippen LogP contribution in [-0.2, 0) is 4.79 Å². The van der Waals surface area contributed by atoms with E-state index in [4.69, 9.17) is 0 Å². The van der Waals surface area contributed by atoms with Crippen molar-refractivity contribution in [2.24, 2.45) is 0 Å². The summed E-state index contributed by atoms with van der Waals surface area (Å²) >= 11 is 0. The fourth-order valence-corrected chi connectivity index (χ4v) is 3.31. The molecule has 0 aliphatic carbocycles. The molecule has 1 heterocycles. The highest BCUT2D eigenvalue weighted by Gasteiger charge is 2.24. The summed E-state index contributed by atoms with van der Waals surface area (Å²) in [4.78, 5) is 28.5. The van der Waals surface area contributed by atoms with E-state index < -0.39 is 0 Å². The van der Waals surface area contributed by atoms with Crippen LogP contribution in [0.1, 0.15) is 55.5 Å². The molecule has 1 N–H and O–H groups in total. The number of nitrogens with one attached hydrogen (secondary N) is 1. The van der Waals surface area contributed by atoms with Gasteiger partial charge >= 0.3 is 0 Å². The second kappa shape index (κ2) is 10.4. The minimum Gasteiger partial charge on any atom is -0.353 e. The molecule has 1 atom stereocenters. The van der Waals surface area contributed by atoms with Gasteiger partial charge in [0.25, 0.3) is 5.91 Å². The van der Waals surface area contributed by atoms with Gasteiger partial charge in [0.1, 0.15) is 5.82 Å². The molecule has 150 valence electrons. The van der Waals surface area contributed by atoms with Gasteiger partial charge in [-0.15, -0.1) is 0 Å². The summed E-state index contributed by atoms with van der Waals surface area (Å²) in [6.07, 6.45) is 4.52. The summed E-state index contributed by atoms with van der Waals surface area (Å²) in [6.45, 7) is 8.65. The van der Waals surface area contributed by atoms with Gasteiger partial charge in [0.15, 0.2) is 0 Å². The van der Waals surface area contributed by atoms with E-state index in [1.807, 2.05) is 6.92 Å². The highest BCUT2D eigenvalue weighted by Crippen LogP contribution is 2.13. The standard InChI is InChI=1S/C21H32FN3O2/c1-4-5-6-7-17(3)23-20(26)15-24-10-12-25(13-11-24)21(27)18-9-8-16(2)19(22)14-18/h8-9,14,17H,4-7,10-13,15H2,1-3H3,(H,23,26). The molecule has 27 heavy (non-hydrogen) atoms. The maximum Gasteiger partial charge on any atom is 0.254 e. The predicted octanol–water partition coefficient (Wildman–Crippen LogP) is 2.98. The second-order valence-corrected chi connectivity index (χ2v) is 7.50. The molecule has 0 saturated carbocycles. The number of unbranched alkanes of at least 4 members (excludes halogenated alkanes) is 2. The van der Waals surface area contributed by atoms with Gasteiger partial charge in [0, 0.05) is 37.8 Å². The van der Waals surface area contributed by atoms with Gasteiger partial charge in [-0.3, -0.25) is 14.5 Å². The first-order valence-corrected chi connectivity index (χ1v) is 9.97. The SMILES string of the molecule is CCCCCC(C)NC(=O)CN1CCN(C(=O)c2ccc(C)c(F)c2)CC1. The lowest BCUT2D eigenvalue weighted by molar-refractivity contribution is -0.123. The molecule has 2 amide bonds. The summed E-state index contributed by atoms with van der Waals surface area (Å²) < 4.78 is 13.7. The van der Waals surface area contributed by atoms with E-state index in [2.05, 4.69) is 17.1 Å². The average Bonchev–Trinajstić information content (AvgIpc) is 2.64. The summed E-state index contributed by atoms with van der Waals surface area (Å²) in [5, 5.41) is 3.05. The Morgan fingerprint density at radius 1 is 1.19 bits per heavy atom. The molecule has 0 radical (unpaired) electrons.